The molecule has 0 N–H and O–H groups in total. The number of rotatable bonds is 6. The number of hydrogen-bond donors (Lipinski definition) is 0. The molecule has 0 aliphatic heterocycles. The molecule has 0 atom stereocenters. The first-order valence-corrected chi connectivity index (χ1v) is 18.3. The highest BCUT2D eigenvalue weighted by Crippen LogP contribution is 2.47. The summed E-state index contributed by atoms with van der Waals surface area (Å²) in [7, 11) is 0. The second-order valence-corrected chi connectivity index (χ2v) is 13.7. The molecule has 0 unspecified atom stereocenters. The molecule has 0 radical (unpaired) electrons. The average molecular weight is 674 g/mol. The van der Waals surface area contributed by atoms with Gasteiger partial charge in [-0.05, 0) is 107 Å². The maximum absolute atomic E-state index is 2.43. The molecule has 0 saturated carbocycles. The van der Waals surface area contributed by atoms with Crippen LogP contribution in [0.1, 0.15) is 0 Å². The fourth-order valence-corrected chi connectivity index (χ4v) is 8.13. The van der Waals surface area contributed by atoms with E-state index in [1.54, 1.807) is 0 Å². The van der Waals surface area contributed by atoms with Crippen LogP contribution in [0.2, 0.25) is 0 Å². The van der Waals surface area contributed by atoms with E-state index in [1.165, 1.54) is 76.5 Å². The van der Waals surface area contributed by atoms with Crippen LogP contribution in [0, 0.1) is 0 Å². The normalized spacial score (nSPS) is 11.4. The van der Waals surface area contributed by atoms with Crippen molar-refractivity contribution in [3.63, 3.8) is 0 Å². The van der Waals surface area contributed by atoms with Gasteiger partial charge in [0.15, 0.2) is 0 Å². The van der Waals surface area contributed by atoms with E-state index in [1.807, 2.05) is 0 Å². The lowest BCUT2D eigenvalue weighted by atomic mass is 9.85. The minimum Gasteiger partial charge on any atom is -0.310 e. The molecule has 10 rings (SSSR count). The Balaban J connectivity index is 1.23. The van der Waals surface area contributed by atoms with E-state index in [4.69, 9.17) is 0 Å². The van der Waals surface area contributed by atoms with Gasteiger partial charge in [0.25, 0.3) is 0 Å². The number of benzene rings is 10. The van der Waals surface area contributed by atoms with Crippen molar-refractivity contribution in [1.82, 2.24) is 0 Å². The Morgan fingerprint density at radius 3 is 1.51 bits per heavy atom. The van der Waals surface area contributed by atoms with Crippen LogP contribution in [0.25, 0.3) is 76.5 Å². The highest BCUT2D eigenvalue weighted by Gasteiger charge is 2.21. The highest BCUT2D eigenvalue weighted by atomic mass is 15.1. The van der Waals surface area contributed by atoms with Gasteiger partial charge < -0.3 is 4.90 Å². The molecule has 1 nitrogen and oxygen atoms in total. The maximum atomic E-state index is 2.43. The van der Waals surface area contributed by atoms with E-state index in [-0.39, 0.29) is 0 Å². The minimum atomic E-state index is 1.11. The van der Waals surface area contributed by atoms with Crippen molar-refractivity contribution in [2.45, 2.75) is 0 Å². The first-order chi connectivity index (χ1) is 26.3. The van der Waals surface area contributed by atoms with E-state index in [2.05, 4.69) is 217 Å². The van der Waals surface area contributed by atoms with Crippen LogP contribution < -0.4 is 4.90 Å². The van der Waals surface area contributed by atoms with Crippen LogP contribution in [0.15, 0.2) is 212 Å². The van der Waals surface area contributed by atoms with E-state index < -0.39 is 0 Å². The van der Waals surface area contributed by atoms with Gasteiger partial charge in [-0.2, -0.15) is 0 Å². The highest BCUT2D eigenvalue weighted by molar-refractivity contribution is 6.22. The molecule has 248 valence electrons. The van der Waals surface area contributed by atoms with Gasteiger partial charge in [-0.1, -0.05) is 176 Å². The number of anilines is 3. The van der Waals surface area contributed by atoms with Gasteiger partial charge >= 0.3 is 0 Å². The summed E-state index contributed by atoms with van der Waals surface area (Å²) in [5.41, 5.74) is 10.7. The van der Waals surface area contributed by atoms with Crippen molar-refractivity contribution in [2.75, 3.05) is 4.90 Å². The summed E-state index contributed by atoms with van der Waals surface area (Å²) >= 11 is 0. The fourth-order valence-electron chi connectivity index (χ4n) is 8.13. The van der Waals surface area contributed by atoms with Gasteiger partial charge in [0.1, 0.15) is 0 Å². The molecule has 0 aliphatic rings. The third-order valence-corrected chi connectivity index (χ3v) is 10.6. The zero-order valence-corrected chi connectivity index (χ0v) is 29.2. The molecular formula is C52H35N. The Hall–Kier alpha value is -6.96. The lowest BCUT2D eigenvalue weighted by Gasteiger charge is -2.28. The smallest absolute Gasteiger partial charge is 0.0540 e. The maximum Gasteiger partial charge on any atom is 0.0540 e. The Bertz CT molecular complexity index is 2920. The van der Waals surface area contributed by atoms with Gasteiger partial charge in [0.2, 0.25) is 0 Å². The second-order valence-electron chi connectivity index (χ2n) is 13.7. The van der Waals surface area contributed by atoms with Gasteiger partial charge in [-0.3, -0.25) is 0 Å². The van der Waals surface area contributed by atoms with Crippen molar-refractivity contribution in [3.8, 4) is 33.4 Å². The third-order valence-electron chi connectivity index (χ3n) is 10.6. The molecule has 0 spiro atoms. The molecular weight excluding hydrogens is 639 g/mol. The molecule has 0 saturated heterocycles. The molecule has 0 amide bonds. The lowest BCUT2D eigenvalue weighted by Crippen LogP contribution is -2.10. The summed E-state index contributed by atoms with van der Waals surface area (Å²) in [6.07, 6.45) is 0. The zero-order valence-electron chi connectivity index (χ0n) is 29.2. The molecule has 10 aromatic rings. The lowest BCUT2D eigenvalue weighted by molar-refractivity contribution is 1.30. The number of fused-ring (bicyclic) bond motifs is 5. The Morgan fingerprint density at radius 1 is 0.245 bits per heavy atom. The summed E-state index contributed by atoms with van der Waals surface area (Å²) in [6.45, 7) is 0. The van der Waals surface area contributed by atoms with Crippen LogP contribution in [-0.4, -0.2) is 0 Å². The standard InChI is InChI=1S/C52H35N/c1-3-16-39(17-4-1)51-48-24-12-11-23-46(48)47-33-32-44(35-49(47)52(51)40-18-5-2-6-19-40)53(50-25-13-21-38-15-9-10-22-45(38)50)43-30-28-37(29-31-43)42-27-26-36-14-7-8-20-41(36)34-42/h1-35H. The second kappa shape index (κ2) is 13.0. The first kappa shape index (κ1) is 30.8. The van der Waals surface area contributed by atoms with E-state index in [0.717, 1.165) is 17.1 Å². The largest absolute Gasteiger partial charge is 0.310 e. The zero-order chi connectivity index (χ0) is 35.1. The first-order valence-electron chi connectivity index (χ1n) is 18.3. The summed E-state index contributed by atoms with van der Waals surface area (Å²) in [5, 5.41) is 9.91. The third kappa shape index (κ3) is 5.42. The van der Waals surface area contributed by atoms with Crippen LogP contribution in [0.4, 0.5) is 17.1 Å². The monoisotopic (exact) mass is 673 g/mol. The molecule has 0 heterocycles. The molecule has 0 aromatic heterocycles. The predicted octanol–water partition coefficient (Wildman–Crippen LogP) is 14.8. The number of nitrogens with zero attached hydrogens (tertiary/aromatic N) is 1. The topological polar surface area (TPSA) is 3.24 Å². The minimum absolute atomic E-state index is 1.11. The van der Waals surface area contributed by atoms with E-state index in [9.17, 15) is 0 Å². The average Bonchev–Trinajstić information content (AvgIpc) is 3.24. The number of hydrogen-bond acceptors (Lipinski definition) is 1. The van der Waals surface area contributed by atoms with Gasteiger partial charge in [-0.25, -0.2) is 0 Å². The van der Waals surface area contributed by atoms with Gasteiger partial charge in [0.05, 0.1) is 5.69 Å². The summed E-state index contributed by atoms with van der Waals surface area (Å²) in [5.74, 6) is 0. The van der Waals surface area contributed by atoms with Crippen molar-refractivity contribution >= 4 is 60.2 Å². The van der Waals surface area contributed by atoms with Crippen LogP contribution in [0.3, 0.4) is 0 Å². The summed E-state index contributed by atoms with van der Waals surface area (Å²) in [4.78, 5) is 2.43. The van der Waals surface area contributed by atoms with E-state index >= 15 is 0 Å². The molecule has 0 bridgehead atoms. The van der Waals surface area contributed by atoms with Crippen LogP contribution in [-0.2, 0) is 0 Å². The van der Waals surface area contributed by atoms with Crippen molar-refractivity contribution < 1.29 is 0 Å². The van der Waals surface area contributed by atoms with Gasteiger partial charge in [0, 0.05) is 16.8 Å². The molecule has 0 aliphatic carbocycles. The van der Waals surface area contributed by atoms with Crippen LogP contribution >= 0.6 is 0 Å². The SMILES string of the molecule is c1ccc(-c2c(-c3ccccc3)c3cc(N(c4ccc(-c5ccc6ccccc6c5)cc4)c4cccc5ccccc45)ccc3c3ccccc23)cc1. The van der Waals surface area contributed by atoms with E-state index in [0.29, 0.717) is 0 Å². The molecule has 53 heavy (non-hydrogen) atoms. The fraction of sp³-hybridized carbons (Fsp3) is 0. The molecule has 0 fully saturated rings. The van der Waals surface area contributed by atoms with Crippen LogP contribution in [0.5, 0.6) is 0 Å². The molecule has 1 heteroatoms. The Labute approximate surface area is 309 Å². The Morgan fingerprint density at radius 2 is 0.774 bits per heavy atom. The van der Waals surface area contributed by atoms with Crippen molar-refractivity contribution in [1.29, 1.82) is 0 Å². The summed E-state index contributed by atoms with van der Waals surface area (Å²) < 4.78 is 0. The molecule has 10 aromatic carbocycles. The predicted molar refractivity (Wildman–Crippen MR) is 227 cm³/mol. The Kier molecular flexibility index (Phi) is 7.55. The summed E-state index contributed by atoms with van der Waals surface area (Å²) in [6, 6.07) is 77.3. The van der Waals surface area contributed by atoms with Crippen molar-refractivity contribution in [3.05, 3.63) is 212 Å². The quantitative estimate of drug-likeness (QED) is 0.159. The van der Waals surface area contributed by atoms with Crippen molar-refractivity contribution in [2.24, 2.45) is 0 Å². The van der Waals surface area contributed by atoms with Gasteiger partial charge in [-0.15, -0.1) is 0 Å².